The average molecular weight is 297 g/mol. The summed E-state index contributed by atoms with van der Waals surface area (Å²) in [4.78, 5) is 12.1. The Kier molecular flexibility index (Phi) is 3.21. The van der Waals surface area contributed by atoms with E-state index in [0.717, 1.165) is 30.5 Å². The zero-order valence-electron chi connectivity index (χ0n) is 9.87. The van der Waals surface area contributed by atoms with Crippen molar-refractivity contribution in [1.29, 1.82) is 0 Å². The van der Waals surface area contributed by atoms with Crippen LogP contribution in [0.4, 0.5) is 5.88 Å². The van der Waals surface area contributed by atoms with Crippen LogP contribution in [-0.2, 0) is 12.8 Å². The number of halogens is 2. The molecule has 1 aromatic carbocycles. The minimum Gasteiger partial charge on any atom is -0.338 e. The van der Waals surface area contributed by atoms with Crippen molar-refractivity contribution in [2.45, 2.75) is 19.3 Å². The van der Waals surface area contributed by atoms with Gasteiger partial charge in [0.15, 0.2) is 0 Å². The molecule has 1 amide bonds. The van der Waals surface area contributed by atoms with Crippen molar-refractivity contribution in [2.24, 2.45) is 0 Å². The molecule has 0 atom stereocenters. The summed E-state index contributed by atoms with van der Waals surface area (Å²) in [5.41, 5.74) is 2.27. The fraction of sp³-hybridized carbons (Fsp3) is 0.231. The number of rotatable bonds is 2. The summed E-state index contributed by atoms with van der Waals surface area (Å²) >= 11 is 11.8. The standard InChI is InChI=1S/C13H10Cl2N2O2/c14-7-4-5-8(10(15)6-7)12(18)16-13-9-2-1-3-11(9)17-19-13/h4-6H,1-3H2,(H,16,18). The van der Waals surface area contributed by atoms with E-state index < -0.39 is 0 Å². The number of carbonyl (C=O) groups excluding carboxylic acids is 1. The molecule has 1 aromatic heterocycles. The van der Waals surface area contributed by atoms with Crippen molar-refractivity contribution in [3.63, 3.8) is 0 Å². The van der Waals surface area contributed by atoms with E-state index >= 15 is 0 Å². The summed E-state index contributed by atoms with van der Waals surface area (Å²) in [5, 5.41) is 7.43. The Bertz CT molecular complexity index is 652. The minimum absolute atomic E-state index is 0.307. The molecule has 0 fully saturated rings. The van der Waals surface area contributed by atoms with Gasteiger partial charge >= 0.3 is 0 Å². The first-order valence-corrected chi connectivity index (χ1v) is 6.64. The molecule has 4 nitrogen and oxygen atoms in total. The van der Waals surface area contributed by atoms with Crippen LogP contribution in [-0.4, -0.2) is 11.1 Å². The molecule has 1 N–H and O–H groups in total. The summed E-state index contributed by atoms with van der Waals surface area (Å²) in [6.45, 7) is 0. The maximum atomic E-state index is 12.1. The number of nitrogens with zero attached hydrogens (tertiary/aromatic N) is 1. The first-order chi connectivity index (χ1) is 9.15. The quantitative estimate of drug-likeness (QED) is 0.919. The second-order valence-electron chi connectivity index (χ2n) is 4.37. The summed E-state index contributed by atoms with van der Waals surface area (Å²) in [6, 6.07) is 4.73. The average Bonchev–Trinajstić information content (AvgIpc) is 2.94. The van der Waals surface area contributed by atoms with Crippen molar-refractivity contribution < 1.29 is 9.32 Å². The molecule has 0 spiro atoms. The number of aromatic nitrogens is 1. The maximum Gasteiger partial charge on any atom is 0.259 e. The number of amides is 1. The number of benzene rings is 1. The molecule has 6 heteroatoms. The summed E-state index contributed by atoms with van der Waals surface area (Å²) in [7, 11) is 0. The molecular formula is C13H10Cl2N2O2. The van der Waals surface area contributed by atoms with Crippen LogP contribution < -0.4 is 5.32 Å². The monoisotopic (exact) mass is 296 g/mol. The van der Waals surface area contributed by atoms with E-state index in [9.17, 15) is 4.79 Å². The number of hydrogen-bond donors (Lipinski definition) is 1. The molecule has 1 aliphatic carbocycles. The van der Waals surface area contributed by atoms with Crippen LogP contribution in [0.5, 0.6) is 0 Å². The number of carbonyl (C=O) groups is 1. The lowest BCUT2D eigenvalue weighted by Gasteiger charge is -2.05. The molecule has 0 aliphatic heterocycles. The molecule has 2 aromatic rings. The van der Waals surface area contributed by atoms with Crippen molar-refractivity contribution >= 4 is 35.0 Å². The van der Waals surface area contributed by atoms with E-state index in [0.29, 0.717) is 21.5 Å². The number of nitrogens with one attached hydrogen (secondary N) is 1. The Morgan fingerprint density at radius 1 is 1.32 bits per heavy atom. The van der Waals surface area contributed by atoms with Gasteiger partial charge in [-0.15, -0.1) is 0 Å². The summed E-state index contributed by atoms with van der Waals surface area (Å²) in [5.74, 6) is 0.0935. The van der Waals surface area contributed by atoms with Gasteiger partial charge in [0.2, 0.25) is 5.88 Å². The van der Waals surface area contributed by atoms with Gasteiger partial charge in [0.1, 0.15) is 0 Å². The van der Waals surface area contributed by atoms with Crippen LogP contribution in [0, 0.1) is 0 Å². The Hall–Kier alpha value is -1.52. The zero-order valence-corrected chi connectivity index (χ0v) is 11.4. The molecule has 0 saturated heterocycles. The van der Waals surface area contributed by atoms with E-state index in [1.54, 1.807) is 12.1 Å². The molecule has 19 heavy (non-hydrogen) atoms. The van der Waals surface area contributed by atoms with Crippen molar-refractivity contribution in [1.82, 2.24) is 5.16 Å². The molecule has 1 aliphatic rings. The first-order valence-electron chi connectivity index (χ1n) is 5.89. The minimum atomic E-state index is -0.326. The Balaban J connectivity index is 1.85. The highest BCUT2D eigenvalue weighted by Crippen LogP contribution is 2.29. The van der Waals surface area contributed by atoms with Gasteiger partial charge in [-0.1, -0.05) is 28.4 Å². The van der Waals surface area contributed by atoms with Crippen LogP contribution in [0.25, 0.3) is 0 Å². The third kappa shape index (κ3) is 2.33. The summed E-state index contributed by atoms with van der Waals surface area (Å²) < 4.78 is 5.14. The van der Waals surface area contributed by atoms with E-state index in [4.69, 9.17) is 27.7 Å². The fourth-order valence-corrected chi connectivity index (χ4v) is 2.67. The number of anilines is 1. The Morgan fingerprint density at radius 2 is 2.16 bits per heavy atom. The van der Waals surface area contributed by atoms with Gasteiger partial charge in [0.05, 0.1) is 16.3 Å². The predicted octanol–water partition coefficient (Wildman–Crippen LogP) is 3.72. The van der Waals surface area contributed by atoms with Crippen LogP contribution >= 0.6 is 23.2 Å². The third-order valence-electron chi connectivity index (χ3n) is 3.11. The van der Waals surface area contributed by atoms with Crippen molar-refractivity contribution in [3.8, 4) is 0 Å². The SMILES string of the molecule is O=C(Nc1onc2c1CCC2)c1ccc(Cl)cc1Cl. The molecule has 3 rings (SSSR count). The molecule has 0 saturated carbocycles. The zero-order chi connectivity index (χ0) is 13.4. The molecule has 0 bridgehead atoms. The van der Waals surface area contributed by atoms with E-state index in [2.05, 4.69) is 10.5 Å². The molecule has 0 unspecified atom stereocenters. The smallest absolute Gasteiger partial charge is 0.259 e. The van der Waals surface area contributed by atoms with E-state index in [1.807, 2.05) is 0 Å². The highest BCUT2D eigenvalue weighted by Gasteiger charge is 2.23. The van der Waals surface area contributed by atoms with Gasteiger partial charge in [-0.2, -0.15) is 0 Å². The topological polar surface area (TPSA) is 55.1 Å². The lowest BCUT2D eigenvalue weighted by molar-refractivity contribution is 0.102. The van der Waals surface area contributed by atoms with E-state index in [1.165, 1.54) is 6.07 Å². The van der Waals surface area contributed by atoms with Gasteiger partial charge < -0.3 is 4.52 Å². The fourth-order valence-electron chi connectivity index (χ4n) is 2.17. The highest BCUT2D eigenvalue weighted by atomic mass is 35.5. The van der Waals surface area contributed by atoms with Gasteiger partial charge in [0.25, 0.3) is 5.91 Å². The Labute approximate surface area is 119 Å². The first kappa shape index (κ1) is 12.5. The van der Waals surface area contributed by atoms with E-state index in [-0.39, 0.29) is 5.91 Å². The van der Waals surface area contributed by atoms with Gasteiger partial charge in [-0.25, -0.2) is 0 Å². The highest BCUT2D eigenvalue weighted by molar-refractivity contribution is 6.37. The third-order valence-corrected chi connectivity index (χ3v) is 3.66. The Morgan fingerprint density at radius 3 is 2.95 bits per heavy atom. The maximum absolute atomic E-state index is 12.1. The van der Waals surface area contributed by atoms with Crippen LogP contribution in [0.2, 0.25) is 10.0 Å². The summed E-state index contributed by atoms with van der Waals surface area (Å²) in [6.07, 6.45) is 2.82. The molecule has 1 heterocycles. The van der Waals surface area contributed by atoms with Crippen molar-refractivity contribution in [3.05, 3.63) is 45.1 Å². The second kappa shape index (κ2) is 4.87. The van der Waals surface area contributed by atoms with Crippen LogP contribution in [0.3, 0.4) is 0 Å². The molecule has 0 radical (unpaired) electrons. The second-order valence-corrected chi connectivity index (χ2v) is 5.21. The van der Waals surface area contributed by atoms with Crippen LogP contribution in [0.15, 0.2) is 22.7 Å². The van der Waals surface area contributed by atoms with Crippen molar-refractivity contribution in [2.75, 3.05) is 5.32 Å². The van der Waals surface area contributed by atoms with Gasteiger partial charge in [-0.3, -0.25) is 10.1 Å². The molecular weight excluding hydrogens is 287 g/mol. The van der Waals surface area contributed by atoms with Crippen LogP contribution in [0.1, 0.15) is 28.0 Å². The lowest BCUT2D eigenvalue weighted by atomic mass is 10.2. The number of aryl methyl sites for hydroxylation is 1. The largest absolute Gasteiger partial charge is 0.338 e. The predicted molar refractivity (Wildman–Crippen MR) is 72.9 cm³/mol. The lowest BCUT2D eigenvalue weighted by Crippen LogP contribution is -2.12. The molecule has 98 valence electrons. The normalized spacial score (nSPS) is 13.4. The number of fused-ring (bicyclic) bond motifs is 1. The van der Waals surface area contributed by atoms with Gasteiger partial charge in [0, 0.05) is 10.6 Å². The van der Waals surface area contributed by atoms with Gasteiger partial charge in [-0.05, 0) is 37.5 Å². The number of hydrogen-bond acceptors (Lipinski definition) is 3.